The number of ether oxygens (including phenoxy) is 1. The van der Waals surface area contributed by atoms with E-state index in [-0.39, 0.29) is 12.1 Å². The fourth-order valence-electron chi connectivity index (χ4n) is 2.05. The second-order valence-electron chi connectivity index (χ2n) is 5.58. The van der Waals surface area contributed by atoms with E-state index in [0.717, 1.165) is 13.0 Å². The highest BCUT2D eigenvalue weighted by Gasteiger charge is 2.12. The van der Waals surface area contributed by atoms with Crippen LogP contribution in [0, 0.1) is 13.8 Å². The van der Waals surface area contributed by atoms with Gasteiger partial charge in [-0.25, -0.2) is 4.79 Å². The maximum atomic E-state index is 12.1. The number of rotatable bonds is 7. The summed E-state index contributed by atoms with van der Waals surface area (Å²) < 4.78 is 5.54. The van der Waals surface area contributed by atoms with Crippen molar-refractivity contribution >= 4 is 6.03 Å². The first-order valence-electron chi connectivity index (χ1n) is 7.61. The van der Waals surface area contributed by atoms with Crippen molar-refractivity contribution in [3.05, 3.63) is 34.9 Å². The summed E-state index contributed by atoms with van der Waals surface area (Å²) in [4.78, 5) is 13.8. The van der Waals surface area contributed by atoms with Crippen molar-refractivity contribution in [2.45, 2.75) is 46.8 Å². The standard InChI is InChI=1S/C17H28N2O2/c1-6-10-21-14(3)11-18-17(20)19(5)12-16-9-7-8-13(2)15(16)4/h7-9,14H,6,10-12H2,1-5H3,(H,18,20)/t14-/m0/s1. The molecular formula is C17H28N2O2. The second kappa shape index (κ2) is 8.67. The molecule has 21 heavy (non-hydrogen) atoms. The van der Waals surface area contributed by atoms with Crippen LogP contribution in [-0.2, 0) is 11.3 Å². The minimum atomic E-state index is -0.0668. The summed E-state index contributed by atoms with van der Waals surface area (Å²) in [5.74, 6) is 0. The largest absolute Gasteiger partial charge is 0.377 e. The van der Waals surface area contributed by atoms with Gasteiger partial charge in [-0.3, -0.25) is 0 Å². The molecule has 0 fully saturated rings. The maximum absolute atomic E-state index is 12.1. The average molecular weight is 292 g/mol. The molecule has 0 bridgehead atoms. The Morgan fingerprint density at radius 1 is 1.38 bits per heavy atom. The van der Waals surface area contributed by atoms with Crippen LogP contribution in [0.4, 0.5) is 4.79 Å². The van der Waals surface area contributed by atoms with E-state index in [1.54, 1.807) is 4.90 Å². The SMILES string of the molecule is CCCO[C@@H](C)CNC(=O)N(C)Cc1cccc(C)c1C. The predicted molar refractivity (Wildman–Crippen MR) is 86.5 cm³/mol. The molecule has 1 rings (SSSR count). The molecule has 0 radical (unpaired) electrons. The number of hydrogen-bond acceptors (Lipinski definition) is 2. The highest BCUT2D eigenvalue weighted by Crippen LogP contribution is 2.14. The maximum Gasteiger partial charge on any atom is 0.317 e. The van der Waals surface area contributed by atoms with Crippen LogP contribution >= 0.6 is 0 Å². The summed E-state index contributed by atoms with van der Waals surface area (Å²) in [5, 5.41) is 2.91. The Bertz CT molecular complexity index is 460. The summed E-state index contributed by atoms with van der Waals surface area (Å²) >= 11 is 0. The molecule has 4 nitrogen and oxygen atoms in total. The van der Waals surface area contributed by atoms with Gasteiger partial charge in [-0.05, 0) is 43.9 Å². The lowest BCUT2D eigenvalue weighted by atomic mass is 10.0. The molecule has 0 heterocycles. The zero-order chi connectivity index (χ0) is 15.8. The topological polar surface area (TPSA) is 41.6 Å². The minimum absolute atomic E-state index is 0.0444. The van der Waals surface area contributed by atoms with Gasteiger partial charge in [0.25, 0.3) is 0 Å². The van der Waals surface area contributed by atoms with Gasteiger partial charge in [0.05, 0.1) is 6.10 Å². The quantitative estimate of drug-likeness (QED) is 0.838. The van der Waals surface area contributed by atoms with E-state index in [2.05, 4.69) is 38.2 Å². The van der Waals surface area contributed by atoms with Gasteiger partial charge in [0.1, 0.15) is 0 Å². The molecule has 0 aliphatic heterocycles. The van der Waals surface area contributed by atoms with Crippen molar-refractivity contribution in [3.63, 3.8) is 0 Å². The molecule has 0 aliphatic rings. The second-order valence-corrected chi connectivity index (χ2v) is 5.58. The number of nitrogens with one attached hydrogen (secondary N) is 1. The smallest absolute Gasteiger partial charge is 0.317 e. The third-order valence-corrected chi connectivity index (χ3v) is 3.62. The Balaban J connectivity index is 2.46. The van der Waals surface area contributed by atoms with Crippen molar-refractivity contribution in [3.8, 4) is 0 Å². The lowest BCUT2D eigenvalue weighted by Crippen LogP contribution is -2.40. The van der Waals surface area contributed by atoms with Gasteiger partial charge < -0.3 is 15.0 Å². The van der Waals surface area contributed by atoms with E-state index in [4.69, 9.17) is 4.74 Å². The lowest BCUT2D eigenvalue weighted by Gasteiger charge is -2.21. The van der Waals surface area contributed by atoms with Gasteiger partial charge in [0.2, 0.25) is 0 Å². The first-order valence-corrected chi connectivity index (χ1v) is 7.61. The third kappa shape index (κ3) is 5.76. The summed E-state index contributed by atoms with van der Waals surface area (Å²) in [5.41, 5.74) is 3.68. The Hall–Kier alpha value is -1.55. The van der Waals surface area contributed by atoms with Crippen LogP contribution in [0.3, 0.4) is 0 Å². The number of urea groups is 1. The van der Waals surface area contributed by atoms with Crippen LogP contribution in [0.5, 0.6) is 0 Å². The number of amides is 2. The first kappa shape index (κ1) is 17.5. The molecule has 0 spiro atoms. The van der Waals surface area contributed by atoms with Gasteiger partial charge in [0.15, 0.2) is 0 Å². The van der Waals surface area contributed by atoms with Crippen molar-refractivity contribution in [1.82, 2.24) is 10.2 Å². The monoisotopic (exact) mass is 292 g/mol. The Kier molecular flexibility index (Phi) is 7.23. The Morgan fingerprint density at radius 2 is 2.10 bits per heavy atom. The normalized spacial score (nSPS) is 12.0. The first-order chi connectivity index (χ1) is 9.95. The predicted octanol–water partition coefficient (Wildman–Crippen LogP) is 3.26. The van der Waals surface area contributed by atoms with Crippen LogP contribution < -0.4 is 5.32 Å². The number of nitrogens with zero attached hydrogens (tertiary/aromatic N) is 1. The van der Waals surface area contributed by atoms with Gasteiger partial charge in [-0.2, -0.15) is 0 Å². The van der Waals surface area contributed by atoms with E-state index >= 15 is 0 Å². The number of carbonyl (C=O) groups excluding carboxylic acids is 1. The molecular weight excluding hydrogens is 264 g/mol. The average Bonchev–Trinajstić information content (AvgIpc) is 2.47. The van der Waals surface area contributed by atoms with E-state index < -0.39 is 0 Å². The fraction of sp³-hybridized carbons (Fsp3) is 0.588. The molecule has 0 aliphatic carbocycles. The number of hydrogen-bond donors (Lipinski definition) is 1. The molecule has 0 saturated heterocycles. The van der Waals surface area contributed by atoms with Crippen LogP contribution in [0.1, 0.15) is 37.0 Å². The summed E-state index contributed by atoms with van der Waals surface area (Å²) in [6.45, 7) is 10.1. The summed E-state index contributed by atoms with van der Waals surface area (Å²) in [7, 11) is 1.81. The lowest BCUT2D eigenvalue weighted by molar-refractivity contribution is 0.0668. The van der Waals surface area contributed by atoms with E-state index in [1.165, 1.54) is 16.7 Å². The van der Waals surface area contributed by atoms with Crippen molar-refractivity contribution in [1.29, 1.82) is 0 Å². The summed E-state index contributed by atoms with van der Waals surface area (Å²) in [6, 6.07) is 6.12. The fourth-order valence-corrected chi connectivity index (χ4v) is 2.05. The van der Waals surface area contributed by atoms with E-state index in [9.17, 15) is 4.79 Å². The molecule has 1 aromatic carbocycles. The number of aryl methyl sites for hydroxylation is 1. The van der Waals surface area contributed by atoms with Crippen molar-refractivity contribution < 1.29 is 9.53 Å². The minimum Gasteiger partial charge on any atom is -0.377 e. The van der Waals surface area contributed by atoms with Crippen LogP contribution in [-0.4, -0.2) is 37.2 Å². The van der Waals surface area contributed by atoms with Crippen molar-refractivity contribution in [2.75, 3.05) is 20.2 Å². The number of carbonyl (C=O) groups is 1. The number of benzene rings is 1. The molecule has 118 valence electrons. The molecule has 1 N–H and O–H groups in total. The Morgan fingerprint density at radius 3 is 2.76 bits per heavy atom. The zero-order valence-electron chi connectivity index (χ0n) is 13.9. The highest BCUT2D eigenvalue weighted by atomic mass is 16.5. The van der Waals surface area contributed by atoms with Crippen LogP contribution in [0.25, 0.3) is 0 Å². The molecule has 0 unspecified atom stereocenters. The third-order valence-electron chi connectivity index (χ3n) is 3.62. The molecule has 2 amide bonds. The van der Waals surface area contributed by atoms with Crippen molar-refractivity contribution in [2.24, 2.45) is 0 Å². The Labute approximate surface area is 128 Å². The van der Waals surface area contributed by atoms with E-state index in [1.807, 2.05) is 20.0 Å². The van der Waals surface area contributed by atoms with Gasteiger partial charge in [0, 0.05) is 26.7 Å². The summed E-state index contributed by atoms with van der Waals surface area (Å²) in [6.07, 6.45) is 1.04. The molecule has 1 atom stereocenters. The highest BCUT2D eigenvalue weighted by molar-refractivity contribution is 5.73. The van der Waals surface area contributed by atoms with Gasteiger partial charge in [-0.1, -0.05) is 25.1 Å². The van der Waals surface area contributed by atoms with Gasteiger partial charge >= 0.3 is 6.03 Å². The van der Waals surface area contributed by atoms with Crippen LogP contribution in [0.2, 0.25) is 0 Å². The molecule has 0 aromatic heterocycles. The van der Waals surface area contributed by atoms with Gasteiger partial charge in [-0.15, -0.1) is 0 Å². The molecule has 4 heteroatoms. The van der Waals surface area contributed by atoms with E-state index in [0.29, 0.717) is 13.1 Å². The molecule has 0 saturated carbocycles. The zero-order valence-corrected chi connectivity index (χ0v) is 13.9. The molecule has 1 aromatic rings. The van der Waals surface area contributed by atoms with Crippen LogP contribution in [0.15, 0.2) is 18.2 Å².